The Bertz CT molecular complexity index is 611. The fourth-order valence-electron chi connectivity index (χ4n) is 1.39. The molecular formula is C10H7F3N4OS. The van der Waals surface area contributed by atoms with Gasteiger partial charge in [-0.25, -0.2) is 10.8 Å². The summed E-state index contributed by atoms with van der Waals surface area (Å²) in [5.41, 5.74) is 0.795. The second-order valence-corrected chi connectivity index (χ2v) is 4.29. The van der Waals surface area contributed by atoms with Crippen LogP contribution in [0.2, 0.25) is 0 Å². The van der Waals surface area contributed by atoms with Crippen molar-refractivity contribution in [2.45, 2.75) is 6.18 Å². The summed E-state index contributed by atoms with van der Waals surface area (Å²) in [7, 11) is 0. The molecule has 0 aliphatic rings. The number of nitrogens with zero attached hydrogens (tertiary/aromatic N) is 2. The largest absolute Gasteiger partial charge is 0.417 e. The van der Waals surface area contributed by atoms with Crippen LogP contribution in [0.5, 0.6) is 0 Å². The summed E-state index contributed by atoms with van der Waals surface area (Å²) in [6.07, 6.45) is -2.40. The van der Waals surface area contributed by atoms with E-state index in [1.165, 1.54) is 5.38 Å². The molecule has 0 aromatic carbocycles. The highest BCUT2D eigenvalue weighted by molar-refractivity contribution is 7.13. The standard InChI is InChI=1S/C10H7F3N4OS/c11-10(12,13)6-1-2-15-3-5(6)9-16-7(4-19-9)8(18)17-14/h1-4H,14H2,(H,17,18). The average molecular weight is 288 g/mol. The molecule has 1 amide bonds. The maximum atomic E-state index is 12.8. The Hall–Kier alpha value is -2.00. The summed E-state index contributed by atoms with van der Waals surface area (Å²) in [4.78, 5) is 18.7. The van der Waals surface area contributed by atoms with Gasteiger partial charge in [-0.3, -0.25) is 15.2 Å². The van der Waals surface area contributed by atoms with Crippen molar-refractivity contribution in [3.05, 3.63) is 35.1 Å². The summed E-state index contributed by atoms with van der Waals surface area (Å²) in [6.45, 7) is 0. The predicted molar refractivity (Wildman–Crippen MR) is 62.0 cm³/mol. The number of nitrogen functional groups attached to an aromatic ring is 1. The van der Waals surface area contributed by atoms with Gasteiger partial charge in [-0.15, -0.1) is 11.3 Å². The van der Waals surface area contributed by atoms with E-state index in [-0.39, 0.29) is 16.3 Å². The smallest absolute Gasteiger partial charge is 0.289 e. The Morgan fingerprint density at radius 3 is 2.79 bits per heavy atom. The molecule has 100 valence electrons. The first-order chi connectivity index (χ1) is 8.93. The SMILES string of the molecule is NNC(=O)c1csc(-c2cnccc2C(F)(F)F)n1. The van der Waals surface area contributed by atoms with E-state index >= 15 is 0 Å². The van der Waals surface area contributed by atoms with Crippen molar-refractivity contribution in [2.24, 2.45) is 5.84 Å². The lowest BCUT2D eigenvalue weighted by atomic mass is 10.1. The number of carbonyl (C=O) groups excluding carboxylic acids is 1. The maximum Gasteiger partial charge on any atom is 0.417 e. The molecule has 5 nitrogen and oxygen atoms in total. The lowest BCUT2D eigenvalue weighted by Gasteiger charge is -2.09. The van der Waals surface area contributed by atoms with Crippen LogP contribution in [0.1, 0.15) is 16.1 Å². The third kappa shape index (κ3) is 2.71. The van der Waals surface area contributed by atoms with Crippen LogP contribution in [-0.2, 0) is 6.18 Å². The second-order valence-electron chi connectivity index (χ2n) is 3.43. The highest BCUT2D eigenvalue weighted by Crippen LogP contribution is 2.37. The molecule has 3 N–H and O–H groups in total. The van der Waals surface area contributed by atoms with E-state index in [1.807, 2.05) is 5.43 Å². The van der Waals surface area contributed by atoms with Crippen LogP contribution in [0.3, 0.4) is 0 Å². The van der Waals surface area contributed by atoms with Gasteiger partial charge in [0.1, 0.15) is 10.7 Å². The first-order valence-electron chi connectivity index (χ1n) is 4.91. The quantitative estimate of drug-likeness (QED) is 0.502. The number of nitrogens with one attached hydrogen (secondary N) is 1. The van der Waals surface area contributed by atoms with Crippen molar-refractivity contribution >= 4 is 17.2 Å². The molecule has 2 rings (SSSR count). The van der Waals surface area contributed by atoms with Crippen LogP contribution in [0.15, 0.2) is 23.8 Å². The Kier molecular flexibility index (Phi) is 3.49. The van der Waals surface area contributed by atoms with Gasteiger partial charge in [-0.2, -0.15) is 13.2 Å². The van der Waals surface area contributed by atoms with Crippen LogP contribution >= 0.6 is 11.3 Å². The van der Waals surface area contributed by atoms with Crippen LogP contribution in [0, 0.1) is 0 Å². The summed E-state index contributed by atoms with van der Waals surface area (Å²) >= 11 is 0.909. The first kappa shape index (κ1) is 13.4. The molecule has 2 heterocycles. The topological polar surface area (TPSA) is 80.9 Å². The van der Waals surface area contributed by atoms with Gasteiger partial charge in [0.25, 0.3) is 5.91 Å². The molecule has 9 heteroatoms. The molecule has 0 saturated heterocycles. The minimum absolute atomic E-state index is 0.0422. The molecule has 0 aliphatic carbocycles. The zero-order chi connectivity index (χ0) is 14.0. The minimum Gasteiger partial charge on any atom is -0.289 e. The number of hydrazine groups is 1. The summed E-state index contributed by atoms with van der Waals surface area (Å²) in [5.74, 6) is 4.26. The number of pyridine rings is 1. The van der Waals surface area contributed by atoms with Crippen LogP contribution in [0.4, 0.5) is 13.2 Å². The fourth-order valence-corrected chi connectivity index (χ4v) is 2.21. The fraction of sp³-hybridized carbons (Fsp3) is 0.100. The number of hydrogen-bond donors (Lipinski definition) is 2. The van der Waals surface area contributed by atoms with E-state index in [2.05, 4.69) is 9.97 Å². The van der Waals surface area contributed by atoms with Crippen molar-refractivity contribution < 1.29 is 18.0 Å². The summed E-state index contributed by atoms with van der Waals surface area (Å²) in [6, 6.07) is 0.861. The van der Waals surface area contributed by atoms with E-state index in [0.717, 1.165) is 29.8 Å². The Morgan fingerprint density at radius 2 is 2.16 bits per heavy atom. The highest BCUT2D eigenvalue weighted by Gasteiger charge is 2.34. The van der Waals surface area contributed by atoms with E-state index in [1.54, 1.807) is 0 Å². The number of rotatable bonds is 2. The van der Waals surface area contributed by atoms with E-state index in [0.29, 0.717) is 0 Å². The molecule has 0 spiro atoms. The molecule has 19 heavy (non-hydrogen) atoms. The van der Waals surface area contributed by atoms with Crippen LogP contribution in [0.25, 0.3) is 10.6 Å². The van der Waals surface area contributed by atoms with Gasteiger partial charge in [-0.05, 0) is 6.07 Å². The molecule has 0 aliphatic heterocycles. The third-order valence-electron chi connectivity index (χ3n) is 2.22. The molecule has 2 aromatic rings. The van der Waals surface area contributed by atoms with Gasteiger partial charge in [-0.1, -0.05) is 0 Å². The molecule has 0 bridgehead atoms. The molecule has 0 fully saturated rings. The number of halogens is 3. The number of alkyl halides is 3. The summed E-state index contributed by atoms with van der Waals surface area (Å²) < 4.78 is 38.4. The van der Waals surface area contributed by atoms with Crippen LogP contribution in [-0.4, -0.2) is 15.9 Å². The number of thiazole rings is 1. The molecule has 0 unspecified atom stereocenters. The monoisotopic (exact) mass is 288 g/mol. The molecule has 2 aromatic heterocycles. The van der Waals surface area contributed by atoms with Crippen molar-refractivity contribution in [1.82, 2.24) is 15.4 Å². The van der Waals surface area contributed by atoms with E-state index in [9.17, 15) is 18.0 Å². The lowest BCUT2D eigenvalue weighted by Crippen LogP contribution is -2.30. The number of nitrogens with two attached hydrogens (primary N) is 1. The van der Waals surface area contributed by atoms with Gasteiger partial charge in [0, 0.05) is 23.3 Å². The Labute approximate surface area is 109 Å². The lowest BCUT2D eigenvalue weighted by molar-refractivity contribution is -0.137. The predicted octanol–water partition coefficient (Wildman–Crippen LogP) is 1.83. The molecule has 0 radical (unpaired) electrons. The summed E-state index contributed by atoms with van der Waals surface area (Å²) in [5, 5.41) is 1.38. The van der Waals surface area contributed by atoms with Crippen molar-refractivity contribution in [2.75, 3.05) is 0 Å². The van der Waals surface area contributed by atoms with Crippen LogP contribution < -0.4 is 11.3 Å². The number of aromatic nitrogens is 2. The molecule has 0 saturated carbocycles. The van der Waals surface area contributed by atoms with Crippen molar-refractivity contribution in [3.8, 4) is 10.6 Å². The van der Waals surface area contributed by atoms with Crippen molar-refractivity contribution in [3.63, 3.8) is 0 Å². The van der Waals surface area contributed by atoms with Crippen molar-refractivity contribution in [1.29, 1.82) is 0 Å². The third-order valence-corrected chi connectivity index (χ3v) is 3.10. The first-order valence-corrected chi connectivity index (χ1v) is 5.79. The zero-order valence-electron chi connectivity index (χ0n) is 9.23. The van der Waals surface area contributed by atoms with Gasteiger partial charge in [0.2, 0.25) is 0 Å². The van der Waals surface area contributed by atoms with E-state index < -0.39 is 17.6 Å². The van der Waals surface area contributed by atoms with E-state index in [4.69, 9.17) is 5.84 Å². The number of hydrogen-bond acceptors (Lipinski definition) is 5. The second kappa shape index (κ2) is 4.94. The highest BCUT2D eigenvalue weighted by atomic mass is 32.1. The number of carbonyl (C=O) groups is 1. The number of amides is 1. The Morgan fingerprint density at radius 1 is 1.42 bits per heavy atom. The molecular weight excluding hydrogens is 281 g/mol. The van der Waals surface area contributed by atoms with Gasteiger partial charge >= 0.3 is 6.18 Å². The zero-order valence-corrected chi connectivity index (χ0v) is 10.0. The maximum absolute atomic E-state index is 12.8. The average Bonchev–Trinajstić information content (AvgIpc) is 2.86. The van der Waals surface area contributed by atoms with Gasteiger partial charge in [0.05, 0.1) is 5.56 Å². The normalized spacial score (nSPS) is 11.4. The minimum atomic E-state index is -4.51. The van der Waals surface area contributed by atoms with Gasteiger partial charge < -0.3 is 0 Å². The Balaban J connectivity index is 2.48. The molecule has 0 atom stereocenters. The van der Waals surface area contributed by atoms with Gasteiger partial charge in [0.15, 0.2) is 0 Å².